The molecule has 22 heavy (non-hydrogen) atoms. The quantitative estimate of drug-likeness (QED) is 0.748. The number of halogens is 1. The molecule has 3 nitrogen and oxygen atoms in total. The molecule has 0 unspecified atom stereocenters. The van der Waals surface area contributed by atoms with Crippen LogP contribution in [0.5, 0.6) is 0 Å². The first-order chi connectivity index (χ1) is 10.6. The number of rotatable bonds is 3. The molecule has 112 valence electrons. The number of fused-ring (bicyclic) bond motifs is 1. The van der Waals surface area contributed by atoms with E-state index in [-0.39, 0.29) is 11.9 Å². The number of hydrogen-bond donors (Lipinski definition) is 1. The van der Waals surface area contributed by atoms with Crippen LogP contribution in [0, 0.1) is 6.92 Å². The standard InChI is InChI=1S/C18H16ClNO2/c1-11-15-5-3-4-6-16(15)22-17(11)18(21)20-12(2)13-7-9-14(19)10-8-13/h3-10,12H,1-2H3,(H,20,21)/t12-/m1/s1. The van der Waals surface area contributed by atoms with Crippen LogP contribution in [0.1, 0.15) is 34.6 Å². The van der Waals surface area contributed by atoms with Crippen molar-refractivity contribution >= 4 is 28.5 Å². The smallest absolute Gasteiger partial charge is 0.287 e. The number of carbonyl (C=O) groups excluding carboxylic acids is 1. The van der Waals surface area contributed by atoms with Crippen molar-refractivity contribution in [3.63, 3.8) is 0 Å². The zero-order valence-electron chi connectivity index (χ0n) is 12.4. The van der Waals surface area contributed by atoms with Crippen LogP contribution in [-0.4, -0.2) is 5.91 Å². The van der Waals surface area contributed by atoms with Gasteiger partial charge in [0.2, 0.25) is 0 Å². The number of amides is 1. The van der Waals surface area contributed by atoms with E-state index in [2.05, 4.69) is 5.32 Å². The first-order valence-corrected chi connectivity index (χ1v) is 7.48. The Morgan fingerprint density at radius 1 is 1.14 bits per heavy atom. The molecule has 1 aromatic heterocycles. The van der Waals surface area contributed by atoms with Crippen molar-refractivity contribution in [1.82, 2.24) is 5.32 Å². The van der Waals surface area contributed by atoms with E-state index < -0.39 is 0 Å². The van der Waals surface area contributed by atoms with E-state index in [1.54, 1.807) is 0 Å². The zero-order chi connectivity index (χ0) is 15.7. The number of furan rings is 1. The summed E-state index contributed by atoms with van der Waals surface area (Å²) in [5.41, 5.74) is 2.58. The van der Waals surface area contributed by atoms with Crippen LogP contribution < -0.4 is 5.32 Å². The lowest BCUT2D eigenvalue weighted by atomic mass is 10.1. The summed E-state index contributed by atoms with van der Waals surface area (Å²) in [6.45, 7) is 3.83. The van der Waals surface area contributed by atoms with E-state index >= 15 is 0 Å². The Morgan fingerprint density at radius 2 is 1.82 bits per heavy atom. The molecule has 0 saturated carbocycles. The van der Waals surface area contributed by atoms with Crippen LogP contribution in [0.3, 0.4) is 0 Å². The molecule has 3 aromatic rings. The van der Waals surface area contributed by atoms with Gasteiger partial charge in [0.25, 0.3) is 5.91 Å². The molecule has 2 aromatic carbocycles. The Labute approximate surface area is 133 Å². The van der Waals surface area contributed by atoms with Crippen LogP contribution in [0.2, 0.25) is 5.02 Å². The summed E-state index contributed by atoms with van der Waals surface area (Å²) in [5, 5.41) is 4.60. The molecule has 1 N–H and O–H groups in total. The lowest BCUT2D eigenvalue weighted by Crippen LogP contribution is -2.26. The normalized spacial score (nSPS) is 12.3. The van der Waals surface area contributed by atoms with Gasteiger partial charge in [0, 0.05) is 16.0 Å². The van der Waals surface area contributed by atoms with Crippen molar-refractivity contribution in [1.29, 1.82) is 0 Å². The van der Waals surface area contributed by atoms with Crippen molar-refractivity contribution in [2.45, 2.75) is 19.9 Å². The molecule has 1 heterocycles. The lowest BCUT2D eigenvalue weighted by molar-refractivity contribution is 0.0913. The molecule has 4 heteroatoms. The average molecular weight is 314 g/mol. The number of carbonyl (C=O) groups is 1. The largest absolute Gasteiger partial charge is 0.451 e. The first kappa shape index (κ1) is 14.7. The molecule has 0 aliphatic carbocycles. The molecule has 0 saturated heterocycles. The van der Waals surface area contributed by atoms with Crippen LogP contribution in [-0.2, 0) is 0 Å². The minimum Gasteiger partial charge on any atom is -0.451 e. The Hall–Kier alpha value is -2.26. The van der Waals surface area contributed by atoms with Gasteiger partial charge in [-0.25, -0.2) is 0 Å². The van der Waals surface area contributed by atoms with E-state index in [4.69, 9.17) is 16.0 Å². The summed E-state index contributed by atoms with van der Waals surface area (Å²) in [6, 6.07) is 14.9. The van der Waals surface area contributed by atoms with E-state index in [1.165, 1.54) is 0 Å². The van der Waals surface area contributed by atoms with Gasteiger partial charge >= 0.3 is 0 Å². The number of para-hydroxylation sites is 1. The second-order valence-corrected chi connectivity index (χ2v) is 5.74. The van der Waals surface area contributed by atoms with Crippen molar-refractivity contribution in [2.24, 2.45) is 0 Å². The van der Waals surface area contributed by atoms with Gasteiger partial charge in [-0.3, -0.25) is 4.79 Å². The highest BCUT2D eigenvalue weighted by atomic mass is 35.5. The highest BCUT2D eigenvalue weighted by Gasteiger charge is 2.19. The lowest BCUT2D eigenvalue weighted by Gasteiger charge is -2.13. The minimum atomic E-state index is -0.212. The molecular formula is C18H16ClNO2. The van der Waals surface area contributed by atoms with Crippen molar-refractivity contribution in [3.05, 3.63) is 70.4 Å². The molecule has 0 spiro atoms. The summed E-state index contributed by atoms with van der Waals surface area (Å²) in [4.78, 5) is 12.5. The van der Waals surface area contributed by atoms with Gasteiger partial charge in [-0.2, -0.15) is 0 Å². The zero-order valence-corrected chi connectivity index (χ0v) is 13.1. The predicted molar refractivity (Wildman–Crippen MR) is 88.3 cm³/mol. The van der Waals surface area contributed by atoms with E-state index in [9.17, 15) is 4.79 Å². The van der Waals surface area contributed by atoms with Crippen molar-refractivity contribution < 1.29 is 9.21 Å². The maximum Gasteiger partial charge on any atom is 0.287 e. The minimum absolute atomic E-state index is 0.127. The summed E-state index contributed by atoms with van der Waals surface area (Å²) in [7, 11) is 0. The monoisotopic (exact) mass is 313 g/mol. The number of hydrogen-bond acceptors (Lipinski definition) is 2. The molecule has 0 radical (unpaired) electrons. The third-order valence-electron chi connectivity index (χ3n) is 3.77. The third-order valence-corrected chi connectivity index (χ3v) is 4.02. The molecule has 0 aliphatic rings. The maximum absolute atomic E-state index is 12.5. The van der Waals surface area contributed by atoms with Gasteiger partial charge in [-0.05, 0) is 37.6 Å². The van der Waals surface area contributed by atoms with Crippen LogP contribution in [0.4, 0.5) is 0 Å². The highest BCUT2D eigenvalue weighted by molar-refractivity contribution is 6.30. The van der Waals surface area contributed by atoms with Crippen molar-refractivity contribution in [3.8, 4) is 0 Å². The molecule has 0 aliphatic heterocycles. The Balaban J connectivity index is 1.84. The van der Waals surface area contributed by atoms with Crippen LogP contribution in [0.15, 0.2) is 52.9 Å². The second-order valence-electron chi connectivity index (χ2n) is 5.30. The average Bonchev–Trinajstić information content (AvgIpc) is 2.85. The van der Waals surface area contributed by atoms with Gasteiger partial charge < -0.3 is 9.73 Å². The van der Waals surface area contributed by atoms with Gasteiger partial charge in [-0.1, -0.05) is 41.9 Å². The SMILES string of the molecule is Cc1c(C(=O)N[C@H](C)c2ccc(Cl)cc2)oc2ccccc12. The molecule has 3 rings (SSSR count). The molecule has 0 fully saturated rings. The fraction of sp³-hybridized carbons (Fsp3) is 0.167. The molecule has 1 amide bonds. The van der Waals surface area contributed by atoms with Crippen LogP contribution >= 0.6 is 11.6 Å². The fourth-order valence-electron chi connectivity index (χ4n) is 2.49. The summed E-state index contributed by atoms with van der Waals surface area (Å²) < 4.78 is 5.68. The third kappa shape index (κ3) is 2.72. The Kier molecular flexibility index (Phi) is 3.90. The second kappa shape index (κ2) is 5.85. The van der Waals surface area contributed by atoms with E-state index in [1.807, 2.05) is 62.4 Å². The van der Waals surface area contributed by atoms with Crippen molar-refractivity contribution in [2.75, 3.05) is 0 Å². The molecule has 0 bridgehead atoms. The molecular weight excluding hydrogens is 298 g/mol. The maximum atomic E-state index is 12.5. The fourth-order valence-corrected chi connectivity index (χ4v) is 2.61. The molecule has 1 atom stereocenters. The number of aryl methyl sites for hydroxylation is 1. The summed E-state index contributed by atoms with van der Waals surface area (Å²) in [6.07, 6.45) is 0. The number of benzene rings is 2. The van der Waals surface area contributed by atoms with Gasteiger partial charge in [-0.15, -0.1) is 0 Å². The van der Waals surface area contributed by atoms with Gasteiger partial charge in [0.15, 0.2) is 5.76 Å². The first-order valence-electron chi connectivity index (χ1n) is 7.10. The summed E-state index contributed by atoms with van der Waals surface area (Å²) in [5.74, 6) is 0.151. The topological polar surface area (TPSA) is 42.2 Å². The summed E-state index contributed by atoms with van der Waals surface area (Å²) >= 11 is 5.88. The Bertz CT molecular complexity index is 821. The Morgan fingerprint density at radius 3 is 2.50 bits per heavy atom. The predicted octanol–water partition coefficient (Wildman–Crippen LogP) is 4.89. The van der Waals surface area contributed by atoms with Crippen LogP contribution in [0.25, 0.3) is 11.0 Å². The van der Waals surface area contributed by atoms with E-state index in [0.717, 1.165) is 22.1 Å². The number of nitrogens with one attached hydrogen (secondary N) is 1. The van der Waals surface area contributed by atoms with E-state index in [0.29, 0.717) is 10.8 Å². The van der Waals surface area contributed by atoms with Gasteiger partial charge in [0.1, 0.15) is 5.58 Å². The highest BCUT2D eigenvalue weighted by Crippen LogP contribution is 2.25. The van der Waals surface area contributed by atoms with Gasteiger partial charge in [0.05, 0.1) is 6.04 Å².